The van der Waals surface area contributed by atoms with Crippen LogP contribution in [-0.2, 0) is 9.63 Å². The van der Waals surface area contributed by atoms with Crippen molar-refractivity contribution in [2.24, 2.45) is 5.16 Å². The van der Waals surface area contributed by atoms with Gasteiger partial charge in [-0.1, -0.05) is 84.9 Å². The number of hydrogen-bond donors (Lipinski definition) is 0. The highest BCUT2D eigenvalue weighted by Crippen LogP contribution is 2.28. The molecule has 3 aromatic carbocycles. The van der Waals surface area contributed by atoms with E-state index < -0.39 is 5.97 Å². The number of benzene rings is 3. The van der Waals surface area contributed by atoms with Gasteiger partial charge >= 0.3 is 5.97 Å². The molecule has 0 saturated heterocycles. The number of carbonyl (C=O) groups is 2. The molecular formula is C28H27NO3S. The van der Waals surface area contributed by atoms with Gasteiger partial charge in [0.2, 0.25) is 5.78 Å². The Balaban J connectivity index is 1.63. The first-order valence-electron chi connectivity index (χ1n) is 11.0. The molecule has 0 aliphatic heterocycles. The molecule has 0 bridgehead atoms. The summed E-state index contributed by atoms with van der Waals surface area (Å²) in [5.41, 5.74) is 3.10. The van der Waals surface area contributed by atoms with Crippen molar-refractivity contribution in [3.05, 3.63) is 95.6 Å². The summed E-state index contributed by atoms with van der Waals surface area (Å²) < 4.78 is 0. The van der Waals surface area contributed by atoms with Crippen molar-refractivity contribution in [3.8, 4) is 0 Å². The van der Waals surface area contributed by atoms with Crippen molar-refractivity contribution in [1.29, 1.82) is 0 Å². The van der Waals surface area contributed by atoms with Gasteiger partial charge in [-0.15, -0.1) is 0 Å². The number of ketones is 1. The van der Waals surface area contributed by atoms with Crippen LogP contribution in [0.15, 0.2) is 93.8 Å². The lowest BCUT2D eigenvalue weighted by molar-refractivity contribution is -0.140. The Labute approximate surface area is 199 Å². The SMILES string of the molecule is CCCC/C(=N\OC(C)=O)C(=O)c1ccc(Sc2ccc(/C=C/c3ccccc3)cc2)cc1. The average Bonchev–Trinajstić information content (AvgIpc) is 2.84. The number of nitrogens with zero attached hydrogens (tertiary/aromatic N) is 1. The van der Waals surface area contributed by atoms with Crippen LogP contribution >= 0.6 is 11.8 Å². The largest absolute Gasteiger partial charge is 0.331 e. The third-order valence-corrected chi connectivity index (χ3v) is 5.83. The van der Waals surface area contributed by atoms with Crippen molar-refractivity contribution in [1.82, 2.24) is 0 Å². The van der Waals surface area contributed by atoms with E-state index in [1.54, 1.807) is 23.9 Å². The Morgan fingerprint density at radius 1 is 0.848 bits per heavy atom. The van der Waals surface area contributed by atoms with E-state index in [2.05, 4.69) is 53.7 Å². The van der Waals surface area contributed by atoms with Crippen LogP contribution in [0.25, 0.3) is 12.2 Å². The zero-order valence-electron chi connectivity index (χ0n) is 18.9. The fraction of sp³-hybridized carbons (Fsp3) is 0.179. The van der Waals surface area contributed by atoms with E-state index in [9.17, 15) is 9.59 Å². The van der Waals surface area contributed by atoms with E-state index in [1.807, 2.05) is 37.3 Å². The second-order valence-corrected chi connectivity index (χ2v) is 8.64. The molecule has 0 unspecified atom stereocenters. The first-order chi connectivity index (χ1) is 16.0. The molecule has 0 N–H and O–H groups in total. The third kappa shape index (κ3) is 7.88. The zero-order valence-corrected chi connectivity index (χ0v) is 19.7. The molecule has 0 amide bonds. The molecular weight excluding hydrogens is 430 g/mol. The van der Waals surface area contributed by atoms with E-state index in [0.717, 1.165) is 28.2 Å². The molecule has 0 aliphatic rings. The molecule has 0 fully saturated rings. The molecule has 3 rings (SSSR count). The average molecular weight is 458 g/mol. The summed E-state index contributed by atoms with van der Waals surface area (Å²) in [4.78, 5) is 30.7. The van der Waals surface area contributed by atoms with Crippen LogP contribution in [0.3, 0.4) is 0 Å². The van der Waals surface area contributed by atoms with Crippen molar-refractivity contribution >= 4 is 41.4 Å². The molecule has 0 aliphatic carbocycles. The maximum atomic E-state index is 12.8. The van der Waals surface area contributed by atoms with Gasteiger partial charge in [-0.2, -0.15) is 0 Å². The fourth-order valence-electron chi connectivity index (χ4n) is 3.04. The predicted molar refractivity (Wildman–Crippen MR) is 135 cm³/mol. The van der Waals surface area contributed by atoms with Crippen molar-refractivity contribution in [2.45, 2.75) is 42.9 Å². The lowest BCUT2D eigenvalue weighted by Gasteiger charge is -2.06. The second kappa shape index (κ2) is 12.6. The van der Waals surface area contributed by atoms with E-state index in [-0.39, 0.29) is 11.5 Å². The predicted octanol–water partition coefficient (Wildman–Crippen LogP) is 7.30. The normalized spacial score (nSPS) is 11.5. The van der Waals surface area contributed by atoms with Crippen LogP contribution in [0.2, 0.25) is 0 Å². The standard InChI is InChI=1S/C28H27NO3S/c1-3-4-10-27(29-32-21(2)30)28(31)24-15-19-26(20-16-24)33-25-17-13-23(14-18-25)12-11-22-8-6-5-7-9-22/h5-9,11-20H,3-4,10H2,1-2H3/b12-11+,29-27+. The molecule has 33 heavy (non-hydrogen) atoms. The minimum Gasteiger partial charge on any atom is -0.318 e. The van der Waals surface area contributed by atoms with Gasteiger partial charge in [-0.25, -0.2) is 4.79 Å². The molecule has 0 heterocycles. The lowest BCUT2D eigenvalue weighted by atomic mass is 10.0. The first-order valence-corrected chi connectivity index (χ1v) is 11.8. The summed E-state index contributed by atoms with van der Waals surface area (Å²) in [6.45, 7) is 3.30. The van der Waals surface area contributed by atoms with Crippen molar-refractivity contribution in [3.63, 3.8) is 0 Å². The quantitative estimate of drug-likeness (QED) is 0.105. The summed E-state index contributed by atoms with van der Waals surface area (Å²) in [6, 6.07) is 26.0. The first kappa shape index (κ1) is 24.2. The minimum atomic E-state index is -0.537. The van der Waals surface area contributed by atoms with Crippen LogP contribution in [0, 0.1) is 0 Å². The van der Waals surface area contributed by atoms with E-state index in [0.29, 0.717) is 12.0 Å². The van der Waals surface area contributed by atoms with Gasteiger partial charge in [0.1, 0.15) is 5.71 Å². The maximum absolute atomic E-state index is 12.8. The van der Waals surface area contributed by atoms with E-state index in [4.69, 9.17) is 4.84 Å². The summed E-state index contributed by atoms with van der Waals surface area (Å²) in [7, 11) is 0. The zero-order chi connectivity index (χ0) is 23.5. The van der Waals surface area contributed by atoms with Gasteiger partial charge in [0.05, 0.1) is 0 Å². The van der Waals surface area contributed by atoms with Crippen LogP contribution in [0.1, 0.15) is 54.6 Å². The van der Waals surface area contributed by atoms with Gasteiger partial charge in [-0.05, 0) is 60.4 Å². The highest BCUT2D eigenvalue weighted by atomic mass is 32.2. The van der Waals surface area contributed by atoms with Gasteiger partial charge in [-0.3, -0.25) is 4.79 Å². The number of oxime groups is 1. The summed E-state index contributed by atoms with van der Waals surface area (Å²) in [5, 5.41) is 3.78. The molecule has 0 atom stereocenters. The van der Waals surface area contributed by atoms with Crippen LogP contribution in [-0.4, -0.2) is 17.5 Å². The number of Topliss-reactive ketones (excluding diaryl/α,β-unsaturated/α-hetero) is 1. The second-order valence-electron chi connectivity index (χ2n) is 7.49. The van der Waals surface area contributed by atoms with E-state index in [1.165, 1.54) is 12.5 Å². The molecule has 3 aromatic rings. The Bertz CT molecular complexity index is 1120. The van der Waals surface area contributed by atoms with Crippen LogP contribution < -0.4 is 0 Å². The highest BCUT2D eigenvalue weighted by Gasteiger charge is 2.15. The molecule has 0 radical (unpaired) electrons. The molecule has 5 heteroatoms. The van der Waals surface area contributed by atoms with Gasteiger partial charge in [0, 0.05) is 22.3 Å². The molecule has 0 saturated carbocycles. The fourth-order valence-corrected chi connectivity index (χ4v) is 3.86. The van der Waals surface area contributed by atoms with Crippen LogP contribution in [0.5, 0.6) is 0 Å². The summed E-state index contributed by atoms with van der Waals surface area (Å²) in [6.07, 6.45) is 6.39. The minimum absolute atomic E-state index is 0.212. The van der Waals surface area contributed by atoms with Crippen molar-refractivity contribution < 1.29 is 14.4 Å². The summed E-state index contributed by atoms with van der Waals surface area (Å²) in [5.74, 6) is -0.749. The van der Waals surface area contributed by atoms with Crippen LogP contribution in [0.4, 0.5) is 0 Å². The monoisotopic (exact) mass is 457 g/mol. The maximum Gasteiger partial charge on any atom is 0.331 e. The lowest BCUT2D eigenvalue weighted by Crippen LogP contribution is -2.15. The van der Waals surface area contributed by atoms with Crippen molar-refractivity contribution in [2.75, 3.05) is 0 Å². The molecule has 4 nitrogen and oxygen atoms in total. The molecule has 168 valence electrons. The Morgan fingerprint density at radius 3 is 2.00 bits per heavy atom. The Kier molecular flexibility index (Phi) is 9.21. The smallest absolute Gasteiger partial charge is 0.318 e. The van der Waals surface area contributed by atoms with Gasteiger partial charge < -0.3 is 4.84 Å². The molecule has 0 aromatic heterocycles. The number of hydrogen-bond acceptors (Lipinski definition) is 5. The Morgan fingerprint density at radius 2 is 1.42 bits per heavy atom. The number of carbonyl (C=O) groups excluding carboxylic acids is 2. The Hall–Kier alpha value is -3.44. The third-order valence-electron chi connectivity index (χ3n) is 4.81. The highest BCUT2D eigenvalue weighted by molar-refractivity contribution is 7.99. The van der Waals surface area contributed by atoms with E-state index >= 15 is 0 Å². The molecule has 0 spiro atoms. The van der Waals surface area contributed by atoms with Gasteiger partial charge in [0.15, 0.2) is 0 Å². The topological polar surface area (TPSA) is 55.7 Å². The number of unbranched alkanes of at least 4 members (excludes halogenated alkanes) is 1. The van der Waals surface area contributed by atoms with Gasteiger partial charge in [0.25, 0.3) is 0 Å². The summed E-state index contributed by atoms with van der Waals surface area (Å²) >= 11 is 1.63. The number of rotatable bonds is 10.